The lowest BCUT2D eigenvalue weighted by Crippen LogP contribution is -2.23. The summed E-state index contributed by atoms with van der Waals surface area (Å²) >= 11 is 7.26. The van der Waals surface area contributed by atoms with Crippen LogP contribution in [0.2, 0.25) is 5.02 Å². The van der Waals surface area contributed by atoms with Crippen molar-refractivity contribution < 1.29 is 23.1 Å². The summed E-state index contributed by atoms with van der Waals surface area (Å²) < 4.78 is 34.3. The van der Waals surface area contributed by atoms with Crippen LogP contribution < -0.4 is 4.80 Å². The summed E-state index contributed by atoms with van der Waals surface area (Å²) in [6.07, 6.45) is 0. The van der Waals surface area contributed by atoms with Gasteiger partial charge in [0.15, 0.2) is 4.80 Å². The number of amides is 1. The number of hydrogen-bond acceptors (Lipinski definition) is 4. The molecule has 0 saturated carbocycles. The molecule has 0 N–H and O–H groups in total. The summed E-state index contributed by atoms with van der Waals surface area (Å²) in [5.74, 6) is -3.72. The second kappa shape index (κ2) is 7.35. The number of benzene rings is 2. The van der Waals surface area contributed by atoms with Crippen molar-refractivity contribution in [2.75, 3.05) is 7.11 Å². The lowest BCUT2D eigenvalue weighted by atomic mass is 10.2. The number of carbonyl (C=O) groups excluding carboxylic acids is 2. The fourth-order valence-corrected chi connectivity index (χ4v) is 3.74. The van der Waals surface area contributed by atoms with Crippen LogP contribution in [0.1, 0.15) is 10.4 Å². The van der Waals surface area contributed by atoms with E-state index in [0.717, 1.165) is 29.5 Å². The number of nitrogens with zero attached hydrogens (tertiary/aromatic N) is 2. The fourth-order valence-electron chi connectivity index (χ4n) is 2.36. The van der Waals surface area contributed by atoms with Gasteiger partial charge in [-0.25, -0.2) is 8.78 Å². The molecule has 0 spiro atoms. The van der Waals surface area contributed by atoms with E-state index < -0.39 is 29.1 Å². The van der Waals surface area contributed by atoms with E-state index in [1.165, 1.54) is 11.7 Å². The highest BCUT2D eigenvalue weighted by Gasteiger charge is 2.18. The van der Waals surface area contributed by atoms with Crippen molar-refractivity contribution in [1.29, 1.82) is 0 Å². The number of rotatable bonds is 3. The van der Waals surface area contributed by atoms with E-state index in [2.05, 4.69) is 9.73 Å². The van der Waals surface area contributed by atoms with E-state index in [1.807, 2.05) is 0 Å². The molecule has 0 bridgehead atoms. The quantitative estimate of drug-likeness (QED) is 0.636. The first-order valence-electron chi connectivity index (χ1n) is 7.30. The Balaban J connectivity index is 2.22. The first kappa shape index (κ1) is 18.2. The summed E-state index contributed by atoms with van der Waals surface area (Å²) in [4.78, 5) is 27.9. The monoisotopic (exact) mass is 396 g/mol. The molecule has 2 aromatic carbocycles. The van der Waals surface area contributed by atoms with E-state index in [0.29, 0.717) is 15.2 Å². The highest BCUT2D eigenvalue weighted by molar-refractivity contribution is 7.16. The van der Waals surface area contributed by atoms with E-state index >= 15 is 0 Å². The molecule has 0 unspecified atom stereocenters. The highest BCUT2D eigenvalue weighted by atomic mass is 35.5. The molecule has 3 aromatic rings. The second-order valence-corrected chi connectivity index (χ2v) is 6.56. The predicted octanol–water partition coefficient (Wildman–Crippen LogP) is 3.55. The number of fused-ring (bicyclic) bond motifs is 1. The number of esters is 1. The predicted molar refractivity (Wildman–Crippen MR) is 93.1 cm³/mol. The Morgan fingerprint density at radius 2 is 1.85 bits per heavy atom. The molecule has 3 rings (SSSR count). The Morgan fingerprint density at radius 1 is 1.19 bits per heavy atom. The van der Waals surface area contributed by atoms with Crippen LogP contribution in [0.15, 0.2) is 41.4 Å². The van der Waals surface area contributed by atoms with Crippen molar-refractivity contribution >= 4 is 45.0 Å². The largest absolute Gasteiger partial charge is 0.468 e. The third kappa shape index (κ3) is 3.38. The van der Waals surface area contributed by atoms with Gasteiger partial charge in [-0.05, 0) is 24.3 Å². The van der Waals surface area contributed by atoms with Gasteiger partial charge in [0.2, 0.25) is 0 Å². The number of carbonyl (C=O) groups is 2. The van der Waals surface area contributed by atoms with Gasteiger partial charge in [0.05, 0.1) is 22.3 Å². The number of hydrogen-bond donors (Lipinski definition) is 0. The summed E-state index contributed by atoms with van der Waals surface area (Å²) in [7, 11) is 1.22. The van der Waals surface area contributed by atoms with Crippen molar-refractivity contribution in [3.05, 3.63) is 63.4 Å². The van der Waals surface area contributed by atoms with Crippen LogP contribution >= 0.6 is 22.9 Å². The molecule has 1 heterocycles. The van der Waals surface area contributed by atoms with Crippen molar-refractivity contribution in [3.8, 4) is 0 Å². The van der Waals surface area contributed by atoms with Crippen LogP contribution in [-0.4, -0.2) is 23.6 Å². The van der Waals surface area contributed by atoms with Gasteiger partial charge in [0.1, 0.15) is 23.7 Å². The molecule has 9 heteroatoms. The third-order valence-electron chi connectivity index (χ3n) is 3.54. The van der Waals surface area contributed by atoms with Crippen LogP contribution in [-0.2, 0) is 16.1 Å². The minimum absolute atomic E-state index is 0.0751. The van der Waals surface area contributed by atoms with E-state index in [1.54, 1.807) is 18.2 Å². The van der Waals surface area contributed by atoms with Crippen LogP contribution in [0.5, 0.6) is 0 Å². The molecule has 5 nitrogen and oxygen atoms in total. The first-order chi connectivity index (χ1) is 12.4. The lowest BCUT2D eigenvalue weighted by molar-refractivity contribution is -0.141. The number of thiazole rings is 1. The van der Waals surface area contributed by atoms with Crippen molar-refractivity contribution in [3.63, 3.8) is 0 Å². The van der Waals surface area contributed by atoms with Crippen LogP contribution in [0.4, 0.5) is 8.78 Å². The Hall–Kier alpha value is -2.58. The minimum Gasteiger partial charge on any atom is -0.468 e. The second-order valence-electron chi connectivity index (χ2n) is 5.15. The molecule has 26 heavy (non-hydrogen) atoms. The average molecular weight is 397 g/mol. The number of halogens is 3. The zero-order valence-corrected chi connectivity index (χ0v) is 14.9. The minimum atomic E-state index is -1.10. The molecule has 0 saturated heterocycles. The van der Waals surface area contributed by atoms with Gasteiger partial charge in [-0.3, -0.25) is 9.59 Å². The molecular weight excluding hydrogens is 386 g/mol. The van der Waals surface area contributed by atoms with Gasteiger partial charge in [-0.1, -0.05) is 35.1 Å². The smallest absolute Gasteiger partial charge is 0.325 e. The Labute approximate surface area is 155 Å². The molecule has 0 fully saturated rings. The Morgan fingerprint density at radius 3 is 2.50 bits per heavy atom. The molecule has 1 aromatic heterocycles. The first-order valence-corrected chi connectivity index (χ1v) is 8.49. The van der Waals surface area contributed by atoms with E-state index in [4.69, 9.17) is 11.6 Å². The highest BCUT2D eigenvalue weighted by Crippen LogP contribution is 2.25. The maximum Gasteiger partial charge on any atom is 0.325 e. The normalized spacial score (nSPS) is 11.8. The van der Waals surface area contributed by atoms with Gasteiger partial charge in [0.25, 0.3) is 5.91 Å². The summed E-state index contributed by atoms with van der Waals surface area (Å²) in [5.41, 5.74) is -0.286. The average Bonchev–Trinajstić information content (AvgIpc) is 2.93. The zero-order valence-electron chi connectivity index (χ0n) is 13.3. The lowest BCUT2D eigenvalue weighted by Gasteiger charge is -2.05. The third-order valence-corrected chi connectivity index (χ3v) is 4.89. The summed E-state index contributed by atoms with van der Waals surface area (Å²) in [5, 5.41) is 0.341. The van der Waals surface area contributed by atoms with Crippen molar-refractivity contribution in [2.24, 2.45) is 4.99 Å². The molecule has 0 aliphatic carbocycles. The van der Waals surface area contributed by atoms with Crippen LogP contribution in [0.3, 0.4) is 0 Å². The number of para-hydroxylation sites is 1. The van der Waals surface area contributed by atoms with Gasteiger partial charge in [-0.15, -0.1) is 0 Å². The van der Waals surface area contributed by atoms with Crippen molar-refractivity contribution in [2.45, 2.75) is 6.54 Å². The van der Waals surface area contributed by atoms with Gasteiger partial charge in [0, 0.05) is 0 Å². The topological polar surface area (TPSA) is 60.7 Å². The SMILES string of the molecule is COC(=O)Cn1c(=NC(=O)c2c(F)cccc2F)sc2cccc(Cl)c21. The van der Waals surface area contributed by atoms with Gasteiger partial charge in [-0.2, -0.15) is 4.99 Å². The number of aromatic nitrogens is 1. The number of ether oxygens (including phenoxy) is 1. The molecule has 0 aliphatic heterocycles. The molecule has 0 radical (unpaired) electrons. The fraction of sp³-hybridized carbons (Fsp3) is 0.118. The Bertz CT molecular complexity index is 1070. The molecule has 0 aliphatic rings. The van der Waals surface area contributed by atoms with Gasteiger partial charge < -0.3 is 9.30 Å². The summed E-state index contributed by atoms with van der Waals surface area (Å²) in [6, 6.07) is 8.13. The van der Waals surface area contributed by atoms with Crippen LogP contribution in [0.25, 0.3) is 10.2 Å². The number of methoxy groups -OCH3 is 1. The Kier molecular flexibility index (Phi) is 5.15. The maximum atomic E-state index is 13.8. The van der Waals surface area contributed by atoms with Crippen molar-refractivity contribution in [1.82, 2.24) is 4.57 Å². The maximum absolute atomic E-state index is 13.8. The standard InChI is InChI=1S/C17H11ClF2N2O3S/c1-25-13(23)8-22-15-9(18)4-2-7-12(15)26-17(22)21-16(24)14-10(19)5-3-6-11(14)20/h2-7H,8H2,1H3. The van der Waals surface area contributed by atoms with E-state index in [-0.39, 0.29) is 11.3 Å². The molecule has 1 amide bonds. The zero-order chi connectivity index (χ0) is 18.8. The molecule has 0 atom stereocenters. The molecular formula is C17H11ClF2N2O3S. The van der Waals surface area contributed by atoms with Crippen LogP contribution in [0, 0.1) is 11.6 Å². The van der Waals surface area contributed by atoms with E-state index in [9.17, 15) is 18.4 Å². The molecule has 134 valence electrons. The van der Waals surface area contributed by atoms with Gasteiger partial charge >= 0.3 is 5.97 Å². The summed E-state index contributed by atoms with van der Waals surface area (Å²) in [6.45, 7) is -0.258.